The number of aliphatic carboxylic acids is 1. The van der Waals surface area contributed by atoms with Crippen LogP contribution in [0.25, 0.3) is 0 Å². The summed E-state index contributed by atoms with van der Waals surface area (Å²) in [5.74, 6) is -1.41. The van der Waals surface area contributed by atoms with Crippen molar-refractivity contribution in [1.29, 1.82) is 0 Å². The molecule has 10 heteroatoms. The second-order valence-electron chi connectivity index (χ2n) is 5.77. The van der Waals surface area contributed by atoms with Gasteiger partial charge in [-0.25, -0.2) is 8.42 Å². The molecule has 7 nitrogen and oxygen atoms in total. The molecular formula is C15H21N2O5S3-. The van der Waals surface area contributed by atoms with Crippen LogP contribution in [0, 0.1) is 5.92 Å². The third-order valence-electron chi connectivity index (χ3n) is 4.13. The first-order valence-electron chi connectivity index (χ1n) is 7.90. The number of sulfonamides is 1. The van der Waals surface area contributed by atoms with Crippen molar-refractivity contribution in [3.8, 4) is 0 Å². The Bertz CT molecular complexity index is 682. The first kappa shape index (κ1) is 20.2. The molecule has 1 N–H and O–H groups in total. The van der Waals surface area contributed by atoms with E-state index in [-0.39, 0.29) is 24.9 Å². The summed E-state index contributed by atoms with van der Waals surface area (Å²) >= 11 is 2.66. The summed E-state index contributed by atoms with van der Waals surface area (Å²) < 4.78 is 26.6. The average molecular weight is 406 g/mol. The molecule has 1 fully saturated rings. The van der Waals surface area contributed by atoms with Gasteiger partial charge in [0, 0.05) is 19.0 Å². The number of carbonyl (C=O) groups excluding carboxylic acids is 2. The Balaban J connectivity index is 1.91. The van der Waals surface area contributed by atoms with Crippen LogP contribution < -0.4 is 10.4 Å². The lowest BCUT2D eigenvalue weighted by molar-refractivity contribution is -0.308. The Labute approximate surface area is 155 Å². The lowest BCUT2D eigenvalue weighted by Crippen LogP contribution is -2.51. The summed E-state index contributed by atoms with van der Waals surface area (Å²) in [7, 11) is -3.50. The summed E-state index contributed by atoms with van der Waals surface area (Å²) in [4.78, 5) is 23.4. The zero-order chi connectivity index (χ0) is 18.4. The minimum Gasteiger partial charge on any atom is -0.548 e. The zero-order valence-corrected chi connectivity index (χ0v) is 16.3. The maximum Gasteiger partial charge on any atom is 0.252 e. The van der Waals surface area contributed by atoms with Gasteiger partial charge in [-0.3, -0.25) is 4.79 Å². The van der Waals surface area contributed by atoms with Gasteiger partial charge < -0.3 is 15.2 Å². The normalized spacial score (nSPS) is 18.0. The van der Waals surface area contributed by atoms with E-state index in [1.54, 1.807) is 17.5 Å². The highest BCUT2D eigenvalue weighted by Gasteiger charge is 2.33. The molecule has 1 aromatic rings. The average Bonchev–Trinajstić information content (AvgIpc) is 3.13. The Morgan fingerprint density at radius 1 is 1.44 bits per heavy atom. The number of nitrogens with one attached hydrogen (secondary N) is 1. The Kier molecular flexibility index (Phi) is 7.29. The largest absolute Gasteiger partial charge is 0.548 e. The first-order valence-corrected chi connectivity index (χ1v) is 11.6. The van der Waals surface area contributed by atoms with E-state index in [0.717, 1.165) is 0 Å². The number of thiophene rings is 1. The molecule has 140 valence electrons. The van der Waals surface area contributed by atoms with E-state index in [0.29, 0.717) is 29.2 Å². The highest BCUT2D eigenvalue weighted by Crippen LogP contribution is 2.26. The van der Waals surface area contributed by atoms with Gasteiger partial charge in [0.05, 0.1) is 12.0 Å². The number of carboxylic acids is 1. The Hall–Kier alpha value is -1.10. The standard InChI is InChI=1S/C15H22N2O5S3/c1-23-10-6-12(15(19)20)16-14(18)11-4-7-17(8-5-11)25(21,22)13-3-2-9-24-13/h2-3,9,11-12H,4-8,10H2,1H3,(H,16,18)(H,19,20)/p-1/t12-/m1/s1. The number of rotatable bonds is 8. The molecule has 1 saturated heterocycles. The maximum absolute atomic E-state index is 12.5. The smallest absolute Gasteiger partial charge is 0.252 e. The second kappa shape index (κ2) is 9.02. The fourth-order valence-electron chi connectivity index (χ4n) is 2.67. The molecule has 0 radical (unpaired) electrons. The summed E-state index contributed by atoms with van der Waals surface area (Å²) in [5.41, 5.74) is 0. The van der Waals surface area contributed by atoms with Gasteiger partial charge in [-0.1, -0.05) is 6.07 Å². The van der Waals surface area contributed by atoms with Gasteiger partial charge in [0.25, 0.3) is 10.0 Å². The number of carbonyl (C=O) groups is 2. The van der Waals surface area contributed by atoms with Gasteiger partial charge in [0.2, 0.25) is 5.91 Å². The summed E-state index contributed by atoms with van der Waals surface area (Å²) in [5, 5.41) is 15.3. The molecule has 2 heterocycles. The van der Waals surface area contributed by atoms with Crippen molar-refractivity contribution >= 4 is 45.0 Å². The molecule has 1 atom stereocenters. The molecule has 2 rings (SSSR count). The molecule has 0 aliphatic carbocycles. The maximum atomic E-state index is 12.5. The third-order valence-corrected chi connectivity index (χ3v) is 8.04. The number of carboxylic acid groups (broad SMARTS) is 1. The van der Waals surface area contributed by atoms with Gasteiger partial charge in [0.1, 0.15) is 4.21 Å². The van der Waals surface area contributed by atoms with E-state index in [2.05, 4.69) is 5.32 Å². The van der Waals surface area contributed by atoms with Crippen LogP contribution in [0.15, 0.2) is 21.7 Å². The molecule has 0 saturated carbocycles. The van der Waals surface area contributed by atoms with Crippen LogP contribution in [-0.4, -0.2) is 55.7 Å². The zero-order valence-electron chi connectivity index (χ0n) is 13.8. The number of piperidine rings is 1. The molecule has 1 amide bonds. The highest BCUT2D eigenvalue weighted by atomic mass is 32.2. The first-order chi connectivity index (χ1) is 11.9. The quantitative estimate of drug-likeness (QED) is 0.659. The number of nitrogens with zero attached hydrogens (tertiary/aromatic N) is 1. The monoisotopic (exact) mass is 405 g/mol. The van der Waals surface area contributed by atoms with E-state index in [4.69, 9.17) is 0 Å². The van der Waals surface area contributed by atoms with Crippen molar-refractivity contribution in [3.63, 3.8) is 0 Å². The predicted octanol–water partition coefficient (Wildman–Crippen LogP) is 0.137. The number of thioether (sulfide) groups is 1. The van der Waals surface area contributed by atoms with Crippen molar-refractivity contribution in [2.24, 2.45) is 5.92 Å². The topological polar surface area (TPSA) is 107 Å². The number of amides is 1. The van der Waals surface area contributed by atoms with Crippen molar-refractivity contribution < 1.29 is 23.1 Å². The van der Waals surface area contributed by atoms with E-state index in [9.17, 15) is 23.1 Å². The molecule has 1 aliphatic rings. The molecule has 1 aromatic heterocycles. The van der Waals surface area contributed by atoms with E-state index in [1.165, 1.54) is 27.4 Å². The minimum atomic E-state index is -3.50. The summed E-state index contributed by atoms with van der Waals surface area (Å²) in [6.45, 7) is 0.498. The highest BCUT2D eigenvalue weighted by molar-refractivity contribution is 7.98. The third kappa shape index (κ3) is 5.19. The molecule has 1 aliphatic heterocycles. The van der Waals surface area contributed by atoms with Crippen LogP contribution in [-0.2, 0) is 19.6 Å². The van der Waals surface area contributed by atoms with Crippen molar-refractivity contribution in [2.45, 2.75) is 29.5 Å². The van der Waals surface area contributed by atoms with Crippen molar-refractivity contribution in [1.82, 2.24) is 9.62 Å². The summed E-state index contributed by atoms with van der Waals surface area (Å²) in [6.07, 6.45) is 2.91. The van der Waals surface area contributed by atoms with E-state index in [1.807, 2.05) is 6.26 Å². The van der Waals surface area contributed by atoms with Crippen LogP contribution in [0.2, 0.25) is 0 Å². The number of hydrogen-bond acceptors (Lipinski definition) is 7. The number of hydrogen-bond donors (Lipinski definition) is 1. The van der Waals surface area contributed by atoms with Crippen molar-refractivity contribution in [3.05, 3.63) is 17.5 Å². The molecule has 0 unspecified atom stereocenters. The van der Waals surface area contributed by atoms with Crippen LogP contribution in [0.4, 0.5) is 0 Å². The Morgan fingerprint density at radius 3 is 2.64 bits per heavy atom. The predicted molar refractivity (Wildman–Crippen MR) is 95.7 cm³/mol. The molecule has 0 aromatic carbocycles. The van der Waals surface area contributed by atoms with Crippen LogP contribution in [0.3, 0.4) is 0 Å². The Morgan fingerprint density at radius 2 is 2.12 bits per heavy atom. The lowest BCUT2D eigenvalue weighted by Gasteiger charge is -2.31. The van der Waals surface area contributed by atoms with E-state index < -0.39 is 22.0 Å². The van der Waals surface area contributed by atoms with Crippen LogP contribution >= 0.6 is 23.1 Å². The van der Waals surface area contributed by atoms with Gasteiger partial charge in [-0.05, 0) is 42.7 Å². The SMILES string of the molecule is CSCC[C@@H](NC(=O)C1CCN(S(=O)(=O)c2cccs2)CC1)C(=O)[O-]. The van der Waals surface area contributed by atoms with E-state index >= 15 is 0 Å². The van der Waals surface area contributed by atoms with Gasteiger partial charge in [0.15, 0.2) is 0 Å². The molecule has 0 spiro atoms. The van der Waals surface area contributed by atoms with Crippen LogP contribution in [0.1, 0.15) is 19.3 Å². The van der Waals surface area contributed by atoms with Crippen molar-refractivity contribution in [2.75, 3.05) is 25.1 Å². The van der Waals surface area contributed by atoms with Gasteiger partial charge >= 0.3 is 0 Å². The van der Waals surface area contributed by atoms with Gasteiger partial charge in [-0.15, -0.1) is 11.3 Å². The second-order valence-corrected chi connectivity index (χ2v) is 9.87. The lowest BCUT2D eigenvalue weighted by atomic mass is 9.96. The fourth-order valence-corrected chi connectivity index (χ4v) is 5.76. The van der Waals surface area contributed by atoms with Crippen LogP contribution in [0.5, 0.6) is 0 Å². The fraction of sp³-hybridized carbons (Fsp3) is 0.600. The van der Waals surface area contributed by atoms with Gasteiger partial charge in [-0.2, -0.15) is 16.1 Å². The molecule has 25 heavy (non-hydrogen) atoms. The minimum absolute atomic E-state index is 0.249. The molecular weight excluding hydrogens is 384 g/mol. The summed E-state index contributed by atoms with van der Waals surface area (Å²) in [6, 6.07) is 2.24. The molecule has 0 bridgehead atoms.